The molecular weight excluding hydrogens is 247 g/mol. The van der Waals surface area contributed by atoms with Crippen molar-refractivity contribution in [1.82, 2.24) is 15.0 Å². The van der Waals surface area contributed by atoms with Crippen LogP contribution in [0.5, 0.6) is 5.75 Å². The van der Waals surface area contributed by atoms with Crippen molar-refractivity contribution in [2.24, 2.45) is 0 Å². The molecule has 2 N–H and O–H groups in total. The third-order valence-corrected chi connectivity index (χ3v) is 3.16. The first-order valence-corrected chi connectivity index (χ1v) is 6.34. The highest BCUT2D eigenvalue weighted by atomic mass is 19.1. The zero-order chi connectivity index (χ0) is 13.4. The van der Waals surface area contributed by atoms with Crippen molar-refractivity contribution < 1.29 is 9.13 Å². The third kappa shape index (κ3) is 2.14. The predicted molar refractivity (Wildman–Crippen MR) is 68.9 cm³/mol. The van der Waals surface area contributed by atoms with Gasteiger partial charge in [-0.2, -0.15) is 0 Å². The van der Waals surface area contributed by atoms with Crippen LogP contribution < -0.4 is 10.5 Å². The smallest absolute Gasteiger partial charge is 0.169 e. The quantitative estimate of drug-likeness (QED) is 0.917. The van der Waals surface area contributed by atoms with E-state index in [0.29, 0.717) is 24.0 Å². The van der Waals surface area contributed by atoms with Gasteiger partial charge < -0.3 is 10.5 Å². The van der Waals surface area contributed by atoms with E-state index in [9.17, 15) is 4.39 Å². The average Bonchev–Trinajstić information content (AvgIpc) is 3.15. The minimum absolute atomic E-state index is 0.243. The molecule has 0 radical (unpaired) electrons. The molecule has 0 spiro atoms. The summed E-state index contributed by atoms with van der Waals surface area (Å²) in [5.41, 5.74) is 7.32. The molecule has 0 bridgehead atoms. The number of nitrogens with two attached hydrogens (primary N) is 1. The van der Waals surface area contributed by atoms with Crippen LogP contribution in [0.25, 0.3) is 5.69 Å². The molecule has 100 valence electrons. The summed E-state index contributed by atoms with van der Waals surface area (Å²) in [6.45, 7) is 2.25. The number of benzene rings is 1. The molecule has 1 fully saturated rings. The molecule has 3 rings (SSSR count). The minimum Gasteiger partial charge on any atom is -0.491 e. The van der Waals surface area contributed by atoms with Gasteiger partial charge in [-0.15, -0.1) is 5.10 Å². The standard InChI is InChI=1S/C13H15FN4O/c1-2-19-11-6-5-9(7-10(11)14)18-12(8-3-4-8)13(15)16-17-18/h5-8H,2-4,15H2,1H3. The van der Waals surface area contributed by atoms with Gasteiger partial charge >= 0.3 is 0 Å². The molecule has 0 aliphatic heterocycles. The maximum Gasteiger partial charge on any atom is 0.169 e. The molecule has 1 aliphatic carbocycles. The van der Waals surface area contributed by atoms with Crippen molar-refractivity contribution >= 4 is 5.82 Å². The van der Waals surface area contributed by atoms with E-state index in [4.69, 9.17) is 10.5 Å². The molecule has 1 aromatic carbocycles. The second-order valence-corrected chi connectivity index (χ2v) is 4.59. The maximum absolute atomic E-state index is 13.9. The second-order valence-electron chi connectivity index (χ2n) is 4.59. The molecule has 6 heteroatoms. The number of aromatic nitrogens is 3. The molecule has 0 amide bonds. The van der Waals surface area contributed by atoms with Crippen molar-refractivity contribution in [3.63, 3.8) is 0 Å². The Morgan fingerprint density at radius 2 is 2.26 bits per heavy atom. The average molecular weight is 262 g/mol. The van der Waals surface area contributed by atoms with Gasteiger partial charge in [0.15, 0.2) is 17.4 Å². The van der Waals surface area contributed by atoms with E-state index in [1.165, 1.54) is 6.07 Å². The first kappa shape index (κ1) is 12.0. The topological polar surface area (TPSA) is 66.0 Å². The fourth-order valence-corrected chi connectivity index (χ4v) is 2.12. The molecule has 0 saturated heterocycles. The van der Waals surface area contributed by atoms with Gasteiger partial charge in [0.1, 0.15) is 0 Å². The van der Waals surface area contributed by atoms with Gasteiger partial charge in [-0.1, -0.05) is 5.21 Å². The van der Waals surface area contributed by atoms with Crippen LogP contribution in [0, 0.1) is 5.82 Å². The Morgan fingerprint density at radius 1 is 1.47 bits per heavy atom. The highest BCUT2D eigenvalue weighted by Gasteiger charge is 2.31. The van der Waals surface area contributed by atoms with E-state index in [1.807, 2.05) is 6.92 Å². The largest absolute Gasteiger partial charge is 0.491 e. The Morgan fingerprint density at radius 3 is 2.89 bits per heavy atom. The molecule has 1 saturated carbocycles. The lowest BCUT2D eigenvalue weighted by Gasteiger charge is -2.08. The molecule has 1 aliphatic rings. The molecule has 19 heavy (non-hydrogen) atoms. The Labute approximate surface area is 110 Å². The van der Waals surface area contributed by atoms with E-state index >= 15 is 0 Å². The lowest BCUT2D eigenvalue weighted by Crippen LogP contribution is -2.04. The van der Waals surface area contributed by atoms with Crippen molar-refractivity contribution in [2.75, 3.05) is 12.3 Å². The lowest BCUT2D eigenvalue weighted by atomic mass is 10.2. The summed E-state index contributed by atoms with van der Waals surface area (Å²) in [5.74, 6) is 0.656. The van der Waals surface area contributed by atoms with Gasteiger partial charge in [0, 0.05) is 12.0 Å². The molecule has 0 atom stereocenters. The number of rotatable bonds is 4. The summed E-state index contributed by atoms with van der Waals surface area (Å²) < 4.78 is 20.7. The van der Waals surface area contributed by atoms with Crippen LogP contribution in [-0.2, 0) is 0 Å². The monoisotopic (exact) mass is 262 g/mol. The van der Waals surface area contributed by atoms with E-state index in [1.54, 1.807) is 16.8 Å². The molecular formula is C13H15FN4O. The Bertz CT molecular complexity index is 607. The first-order chi connectivity index (χ1) is 9.20. The van der Waals surface area contributed by atoms with Crippen LogP contribution >= 0.6 is 0 Å². The van der Waals surface area contributed by atoms with E-state index in [-0.39, 0.29) is 5.75 Å². The van der Waals surface area contributed by atoms with Crippen molar-refractivity contribution in [2.45, 2.75) is 25.7 Å². The summed E-state index contributed by atoms with van der Waals surface area (Å²) in [7, 11) is 0. The summed E-state index contributed by atoms with van der Waals surface area (Å²) in [6, 6.07) is 4.75. The number of halogens is 1. The molecule has 2 aromatic rings. The second kappa shape index (κ2) is 4.53. The number of nitrogen functional groups attached to an aromatic ring is 1. The van der Waals surface area contributed by atoms with Gasteiger partial charge in [-0.25, -0.2) is 9.07 Å². The highest BCUT2D eigenvalue weighted by molar-refractivity contribution is 5.46. The van der Waals surface area contributed by atoms with Gasteiger partial charge in [0.25, 0.3) is 0 Å². The number of hydrogen-bond acceptors (Lipinski definition) is 4. The molecule has 5 nitrogen and oxygen atoms in total. The van der Waals surface area contributed by atoms with Crippen LogP contribution in [-0.4, -0.2) is 21.6 Å². The zero-order valence-corrected chi connectivity index (χ0v) is 10.6. The maximum atomic E-state index is 13.9. The fourth-order valence-electron chi connectivity index (χ4n) is 2.12. The SMILES string of the molecule is CCOc1ccc(-n2nnc(N)c2C2CC2)cc1F. The van der Waals surface area contributed by atoms with Crippen LogP contribution in [0.15, 0.2) is 18.2 Å². The summed E-state index contributed by atoms with van der Waals surface area (Å²) in [4.78, 5) is 0. The summed E-state index contributed by atoms with van der Waals surface area (Å²) in [6.07, 6.45) is 2.16. The normalized spacial score (nSPS) is 14.6. The number of ether oxygens (including phenoxy) is 1. The number of nitrogens with zero attached hydrogens (tertiary/aromatic N) is 3. The highest BCUT2D eigenvalue weighted by Crippen LogP contribution is 2.42. The zero-order valence-electron chi connectivity index (χ0n) is 10.6. The van der Waals surface area contributed by atoms with Crippen molar-refractivity contribution in [3.05, 3.63) is 29.7 Å². The van der Waals surface area contributed by atoms with Gasteiger partial charge in [-0.05, 0) is 31.9 Å². The van der Waals surface area contributed by atoms with E-state index < -0.39 is 5.82 Å². The number of anilines is 1. The molecule has 1 aromatic heterocycles. The van der Waals surface area contributed by atoms with Crippen LogP contribution in [0.1, 0.15) is 31.4 Å². The first-order valence-electron chi connectivity index (χ1n) is 6.34. The predicted octanol–water partition coefficient (Wildman–Crippen LogP) is 2.26. The summed E-state index contributed by atoms with van der Waals surface area (Å²) >= 11 is 0. The molecule has 0 unspecified atom stereocenters. The summed E-state index contributed by atoms with van der Waals surface area (Å²) in [5, 5.41) is 7.88. The third-order valence-electron chi connectivity index (χ3n) is 3.16. The fraction of sp³-hybridized carbons (Fsp3) is 0.385. The van der Waals surface area contributed by atoms with Crippen molar-refractivity contribution in [1.29, 1.82) is 0 Å². The van der Waals surface area contributed by atoms with E-state index in [2.05, 4.69) is 10.3 Å². The Balaban J connectivity index is 2.00. The molecule has 1 heterocycles. The lowest BCUT2D eigenvalue weighted by molar-refractivity contribution is 0.321. The number of hydrogen-bond donors (Lipinski definition) is 1. The van der Waals surface area contributed by atoms with Crippen LogP contribution in [0.4, 0.5) is 10.2 Å². The van der Waals surface area contributed by atoms with Crippen molar-refractivity contribution in [3.8, 4) is 11.4 Å². The van der Waals surface area contributed by atoms with Gasteiger partial charge in [0.05, 0.1) is 18.0 Å². The van der Waals surface area contributed by atoms with Gasteiger partial charge in [-0.3, -0.25) is 0 Å². The van der Waals surface area contributed by atoms with E-state index in [0.717, 1.165) is 18.5 Å². The Kier molecular flexibility index (Phi) is 2.85. The van der Waals surface area contributed by atoms with Crippen LogP contribution in [0.2, 0.25) is 0 Å². The van der Waals surface area contributed by atoms with Gasteiger partial charge in [0.2, 0.25) is 0 Å². The minimum atomic E-state index is -0.407. The Hall–Kier alpha value is -2.11. The van der Waals surface area contributed by atoms with Crippen LogP contribution in [0.3, 0.4) is 0 Å².